The number of aromatic nitrogens is 1. The van der Waals surface area contributed by atoms with E-state index in [-0.39, 0.29) is 12.1 Å². The molecule has 0 saturated heterocycles. The van der Waals surface area contributed by atoms with Crippen LogP contribution in [0.2, 0.25) is 0 Å². The lowest BCUT2D eigenvalue weighted by atomic mass is 9.93. The highest BCUT2D eigenvalue weighted by atomic mass is 16.5. The topological polar surface area (TPSA) is 71.9 Å². The Balaban J connectivity index is 2.06. The van der Waals surface area contributed by atoms with Gasteiger partial charge in [0.2, 0.25) is 0 Å². The number of hydrogen-bond donors (Lipinski definition) is 1. The molecular weight excluding hydrogens is 202 g/mol. The largest absolute Gasteiger partial charge is 0.487 e. The normalized spacial score (nSPS) is 24.8. The van der Waals surface area contributed by atoms with Crippen LogP contribution in [0.15, 0.2) is 18.5 Å². The molecule has 0 radical (unpaired) electrons. The molecule has 84 valence electrons. The van der Waals surface area contributed by atoms with Crippen LogP contribution in [-0.4, -0.2) is 17.1 Å². The molecule has 0 aromatic carbocycles. The highest BCUT2D eigenvalue weighted by molar-refractivity contribution is 5.40. The first-order valence-electron chi connectivity index (χ1n) is 5.56. The molecule has 1 aliphatic rings. The van der Waals surface area contributed by atoms with E-state index in [4.69, 9.17) is 15.7 Å². The van der Waals surface area contributed by atoms with Crippen molar-refractivity contribution in [3.05, 3.63) is 24.0 Å². The van der Waals surface area contributed by atoms with Crippen LogP contribution in [0, 0.1) is 11.3 Å². The fourth-order valence-electron chi connectivity index (χ4n) is 2.03. The van der Waals surface area contributed by atoms with Crippen molar-refractivity contribution in [2.45, 2.75) is 37.8 Å². The van der Waals surface area contributed by atoms with Crippen LogP contribution in [0.3, 0.4) is 0 Å². The molecule has 2 unspecified atom stereocenters. The quantitative estimate of drug-likeness (QED) is 0.816. The summed E-state index contributed by atoms with van der Waals surface area (Å²) in [5.41, 5.74) is 6.42. The van der Waals surface area contributed by atoms with E-state index >= 15 is 0 Å². The fourth-order valence-corrected chi connectivity index (χ4v) is 2.03. The molecule has 2 rings (SSSR count). The Morgan fingerprint density at radius 1 is 1.50 bits per heavy atom. The van der Waals surface area contributed by atoms with Crippen molar-refractivity contribution >= 4 is 0 Å². The van der Waals surface area contributed by atoms with E-state index in [9.17, 15) is 0 Å². The van der Waals surface area contributed by atoms with Gasteiger partial charge in [0.15, 0.2) is 5.75 Å². The smallest absolute Gasteiger partial charge is 0.155 e. The minimum Gasteiger partial charge on any atom is -0.487 e. The first-order chi connectivity index (χ1) is 7.79. The zero-order chi connectivity index (χ0) is 11.4. The summed E-state index contributed by atoms with van der Waals surface area (Å²) in [5.74, 6) is 0.573. The standard InChI is InChI=1S/C12H15N3O/c13-7-9-4-5-15-8-12(9)16-11-3-1-2-10(14)6-11/h4-5,8,10-11H,1-3,6,14H2. The van der Waals surface area contributed by atoms with E-state index in [0.29, 0.717) is 11.3 Å². The summed E-state index contributed by atoms with van der Waals surface area (Å²) < 4.78 is 5.78. The van der Waals surface area contributed by atoms with Gasteiger partial charge in [0.25, 0.3) is 0 Å². The van der Waals surface area contributed by atoms with Crippen LogP contribution in [0.25, 0.3) is 0 Å². The second-order valence-electron chi connectivity index (χ2n) is 4.15. The Bertz CT molecular complexity index is 399. The Kier molecular flexibility index (Phi) is 3.37. The number of nitrogens with two attached hydrogens (primary N) is 1. The van der Waals surface area contributed by atoms with Gasteiger partial charge in [0.1, 0.15) is 12.2 Å². The van der Waals surface area contributed by atoms with Crippen molar-refractivity contribution < 1.29 is 4.74 Å². The predicted molar refractivity (Wildman–Crippen MR) is 59.8 cm³/mol. The van der Waals surface area contributed by atoms with E-state index in [1.165, 1.54) is 0 Å². The SMILES string of the molecule is N#Cc1ccncc1OC1CCCC(N)C1. The van der Waals surface area contributed by atoms with Gasteiger partial charge in [-0.15, -0.1) is 0 Å². The minimum absolute atomic E-state index is 0.125. The van der Waals surface area contributed by atoms with E-state index in [1.807, 2.05) is 0 Å². The first kappa shape index (κ1) is 10.9. The maximum Gasteiger partial charge on any atom is 0.155 e. The van der Waals surface area contributed by atoms with Crippen molar-refractivity contribution in [2.24, 2.45) is 5.73 Å². The summed E-state index contributed by atoms with van der Waals surface area (Å²) >= 11 is 0. The molecule has 2 N–H and O–H groups in total. The summed E-state index contributed by atoms with van der Waals surface area (Å²) in [7, 11) is 0. The van der Waals surface area contributed by atoms with Gasteiger partial charge < -0.3 is 10.5 Å². The van der Waals surface area contributed by atoms with Gasteiger partial charge in [-0.25, -0.2) is 0 Å². The van der Waals surface area contributed by atoms with Gasteiger partial charge in [-0.2, -0.15) is 5.26 Å². The monoisotopic (exact) mass is 217 g/mol. The Morgan fingerprint density at radius 2 is 2.38 bits per heavy atom. The maximum atomic E-state index is 8.92. The van der Waals surface area contributed by atoms with Crippen LogP contribution < -0.4 is 10.5 Å². The summed E-state index contributed by atoms with van der Waals surface area (Å²) in [6.07, 6.45) is 7.34. The molecule has 0 amide bonds. The van der Waals surface area contributed by atoms with E-state index in [0.717, 1.165) is 25.7 Å². The number of ether oxygens (including phenoxy) is 1. The summed E-state index contributed by atoms with van der Waals surface area (Å²) in [6, 6.07) is 3.99. The molecule has 1 saturated carbocycles. The number of pyridine rings is 1. The molecule has 16 heavy (non-hydrogen) atoms. The third-order valence-corrected chi connectivity index (χ3v) is 2.87. The molecule has 4 heteroatoms. The molecule has 2 atom stereocenters. The van der Waals surface area contributed by atoms with Gasteiger partial charge in [-0.05, 0) is 31.7 Å². The predicted octanol–water partition coefficient (Wildman–Crippen LogP) is 1.60. The van der Waals surface area contributed by atoms with Gasteiger partial charge in [-0.3, -0.25) is 4.98 Å². The molecule has 1 aromatic heterocycles. The highest BCUT2D eigenvalue weighted by Gasteiger charge is 2.21. The summed E-state index contributed by atoms with van der Waals surface area (Å²) in [4.78, 5) is 3.97. The number of hydrogen-bond acceptors (Lipinski definition) is 4. The summed E-state index contributed by atoms with van der Waals surface area (Å²) in [6.45, 7) is 0. The Morgan fingerprint density at radius 3 is 3.12 bits per heavy atom. The lowest BCUT2D eigenvalue weighted by Gasteiger charge is -2.27. The molecule has 1 heterocycles. The minimum atomic E-state index is 0.125. The lowest BCUT2D eigenvalue weighted by Crippen LogP contribution is -2.33. The van der Waals surface area contributed by atoms with Gasteiger partial charge in [0, 0.05) is 12.2 Å². The fraction of sp³-hybridized carbons (Fsp3) is 0.500. The van der Waals surface area contributed by atoms with Crippen LogP contribution in [0.5, 0.6) is 5.75 Å². The Labute approximate surface area is 95.0 Å². The van der Waals surface area contributed by atoms with E-state index < -0.39 is 0 Å². The van der Waals surface area contributed by atoms with E-state index in [1.54, 1.807) is 18.5 Å². The molecule has 0 aliphatic heterocycles. The second-order valence-corrected chi connectivity index (χ2v) is 4.15. The average Bonchev–Trinajstić information content (AvgIpc) is 2.30. The van der Waals surface area contributed by atoms with Crippen molar-refractivity contribution in [1.29, 1.82) is 5.26 Å². The van der Waals surface area contributed by atoms with Gasteiger partial charge in [0.05, 0.1) is 11.8 Å². The molecular formula is C12H15N3O. The van der Waals surface area contributed by atoms with Crippen molar-refractivity contribution in [1.82, 2.24) is 4.98 Å². The van der Waals surface area contributed by atoms with Gasteiger partial charge in [-0.1, -0.05) is 0 Å². The molecule has 4 nitrogen and oxygen atoms in total. The highest BCUT2D eigenvalue weighted by Crippen LogP contribution is 2.24. The average molecular weight is 217 g/mol. The lowest BCUT2D eigenvalue weighted by molar-refractivity contribution is 0.143. The van der Waals surface area contributed by atoms with Crippen LogP contribution in [-0.2, 0) is 0 Å². The molecule has 1 aliphatic carbocycles. The zero-order valence-corrected chi connectivity index (χ0v) is 9.10. The molecule has 1 fully saturated rings. The molecule has 1 aromatic rings. The third kappa shape index (κ3) is 2.50. The first-order valence-corrected chi connectivity index (χ1v) is 5.56. The van der Waals surface area contributed by atoms with Crippen LogP contribution in [0.1, 0.15) is 31.2 Å². The molecule has 0 bridgehead atoms. The van der Waals surface area contributed by atoms with Crippen LogP contribution >= 0.6 is 0 Å². The number of rotatable bonds is 2. The van der Waals surface area contributed by atoms with E-state index in [2.05, 4.69) is 11.1 Å². The number of nitrogens with zero attached hydrogens (tertiary/aromatic N) is 2. The van der Waals surface area contributed by atoms with Gasteiger partial charge >= 0.3 is 0 Å². The van der Waals surface area contributed by atoms with Crippen LogP contribution in [0.4, 0.5) is 0 Å². The van der Waals surface area contributed by atoms with Crippen molar-refractivity contribution in [3.8, 4) is 11.8 Å². The second kappa shape index (κ2) is 4.95. The Hall–Kier alpha value is -1.60. The maximum absolute atomic E-state index is 8.92. The molecule has 0 spiro atoms. The summed E-state index contributed by atoms with van der Waals surface area (Å²) in [5, 5.41) is 8.92. The third-order valence-electron chi connectivity index (χ3n) is 2.87. The zero-order valence-electron chi connectivity index (χ0n) is 9.10. The van der Waals surface area contributed by atoms with Crippen molar-refractivity contribution in [3.63, 3.8) is 0 Å². The van der Waals surface area contributed by atoms with Crippen molar-refractivity contribution in [2.75, 3.05) is 0 Å². The number of nitriles is 1.